The molecule has 0 radical (unpaired) electrons. The Bertz CT molecular complexity index is 271. The van der Waals surface area contributed by atoms with Gasteiger partial charge in [0, 0.05) is 5.92 Å². The van der Waals surface area contributed by atoms with Gasteiger partial charge >= 0.3 is 6.09 Å². The van der Waals surface area contributed by atoms with E-state index in [1.807, 2.05) is 0 Å². The SMILES string of the molecule is CC1(C2CCCCC2)OC(=O)NC1=O. The number of rotatable bonds is 1. The predicted octanol–water partition coefficient (Wildman–Crippen LogP) is 1.59. The summed E-state index contributed by atoms with van der Waals surface area (Å²) in [7, 11) is 0. The Hall–Kier alpha value is -1.06. The van der Waals surface area contributed by atoms with E-state index in [0.717, 1.165) is 25.7 Å². The van der Waals surface area contributed by atoms with Crippen LogP contribution in [0.15, 0.2) is 0 Å². The minimum absolute atomic E-state index is 0.197. The zero-order valence-corrected chi connectivity index (χ0v) is 8.34. The molecule has 4 heteroatoms. The van der Waals surface area contributed by atoms with Crippen LogP contribution < -0.4 is 5.32 Å². The molecule has 0 aromatic carbocycles. The van der Waals surface area contributed by atoms with E-state index in [1.54, 1.807) is 6.92 Å². The van der Waals surface area contributed by atoms with Gasteiger partial charge in [0.25, 0.3) is 5.91 Å². The summed E-state index contributed by atoms with van der Waals surface area (Å²) in [6.07, 6.45) is 4.86. The van der Waals surface area contributed by atoms with Crippen LogP contribution in [0.25, 0.3) is 0 Å². The summed E-state index contributed by atoms with van der Waals surface area (Å²) < 4.78 is 5.10. The van der Waals surface area contributed by atoms with Gasteiger partial charge in [-0.1, -0.05) is 19.3 Å². The highest BCUT2D eigenvalue weighted by Crippen LogP contribution is 2.37. The fourth-order valence-electron chi connectivity index (χ4n) is 2.40. The normalized spacial score (nSPS) is 34.1. The molecule has 1 unspecified atom stereocenters. The van der Waals surface area contributed by atoms with Crippen molar-refractivity contribution in [1.82, 2.24) is 5.32 Å². The highest BCUT2D eigenvalue weighted by atomic mass is 16.6. The van der Waals surface area contributed by atoms with Gasteiger partial charge < -0.3 is 4.74 Å². The standard InChI is InChI=1S/C10H15NO3/c1-10(7-5-3-2-4-6-7)8(12)11-9(13)14-10/h7H,2-6H2,1H3,(H,11,12,13). The zero-order valence-electron chi connectivity index (χ0n) is 8.34. The first-order chi connectivity index (χ1) is 6.63. The number of cyclic esters (lactones) is 1. The molecule has 1 saturated carbocycles. The number of amides is 2. The zero-order chi connectivity index (χ0) is 10.2. The molecule has 1 aliphatic carbocycles. The van der Waals surface area contributed by atoms with Gasteiger partial charge in [0.15, 0.2) is 5.60 Å². The van der Waals surface area contributed by atoms with Crippen LogP contribution in [0.1, 0.15) is 39.0 Å². The molecule has 0 aromatic heterocycles. The molecule has 2 amide bonds. The number of alkyl carbamates (subject to hydrolysis) is 1. The fourth-order valence-corrected chi connectivity index (χ4v) is 2.40. The molecule has 1 saturated heterocycles. The van der Waals surface area contributed by atoms with Crippen molar-refractivity contribution in [2.45, 2.75) is 44.6 Å². The van der Waals surface area contributed by atoms with Crippen molar-refractivity contribution in [2.24, 2.45) is 5.92 Å². The average Bonchev–Trinajstić information content (AvgIpc) is 2.43. The van der Waals surface area contributed by atoms with Crippen molar-refractivity contribution in [3.63, 3.8) is 0 Å². The Morgan fingerprint density at radius 2 is 1.93 bits per heavy atom. The van der Waals surface area contributed by atoms with E-state index in [9.17, 15) is 9.59 Å². The van der Waals surface area contributed by atoms with Crippen LogP contribution in [0.2, 0.25) is 0 Å². The van der Waals surface area contributed by atoms with Gasteiger partial charge in [0.05, 0.1) is 0 Å². The Morgan fingerprint density at radius 1 is 1.29 bits per heavy atom. The van der Waals surface area contributed by atoms with E-state index in [2.05, 4.69) is 5.32 Å². The number of hydrogen-bond acceptors (Lipinski definition) is 3. The molecule has 1 N–H and O–H groups in total. The van der Waals surface area contributed by atoms with E-state index in [1.165, 1.54) is 6.42 Å². The van der Waals surface area contributed by atoms with E-state index < -0.39 is 11.7 Å². The summed E-state index contributed by atoms with van der Waals surface area (Å²) in [6.45, 7) is 1.73. The second-order valence-electron chi connectivity index (χ2n) is 4.29. The van der Waals surface area contributed by atoms with Crippen LogP contribution in [0.5, 0.6) is 0 Å². The minimum atomic E-state index is -0.905. The third kappa shape index (κ3) is 1.38. The van der Waals surface area contributed by atoms with Crippen molar-refractivity contribution in [1.29, 1.82) is 0 Å². The van der Waals surface area contributed by atoms with E-state index >= 15 is 0 Å². The quantitative estimate of drug-likeness (QED) is 0.694. The van der Waals surface area contributed by atoms with Crippen LogP contribution in [0, 0.1) is 5.92 Å². The third-order valence-electron chi connectivity index (χ3n) is 3.36. The van der Waals surface area contributed by atoms with Gasteiger partial charge in [0.2, 0.25) is 0 Å². The molecule has 14 heavy (non-hydrogen) atoms. The lowest BCUT2D eigenvalue weighted by molar-refractivity contribution is -0.135. The van der Waals surface area contributed by atoms with E-state index in [4.69, 9.17) is 4.74 Å². The highest BCUT2D eigenvalue weighted by molar-refractivity contribution is 6.02. The van der Waals surface area contributed by atoms with E-state index in [0.29, 0.717) is 0 Å². The molecule has 0 aromatic rings. The molecule has 2 aliphatic rings. The molecule has 0 spiro atoms. The second kappa shape index (κ2) is 3.26. The smallest absolute Gasteiger partial charge is 0.415 e. The van der Waals surface area contributed by atoms with Crippen LogP contribution in [-0.4, -0.2) is 17.6 Å². The fraction of sp³-hybridized carbons (Fsp3) is 0.800. The third-order valence-corrected chi connectivity index (χ3v) is 3.36. The molecule has 2 rings (SSSR count). The van der Waals surface area contributed by atoms with Gasteiger partial charge in [-0.15, -0.1) is 0 Å². The molecule has 4 nitrogen and oxygen atoms in total. The van der Waals surface area contributed by atoms with Crippen LogP contribution in [0.4, 0.5) is 4.79 Å². The summed E-state index contributed by atoms with van der Waals surface area (Å²) in [5.74, 6) is -0.0721. The molecule has 1 atom stereocenters. The second-order valence-corrected chi connectivity index (χ2v) is 4.29. The monoisotopic (exact) mass is 197 g/mol. The molecule has 2 fully saturated rings. The predicted molar refractivity (Wildman–Crippen MR) is 49.6 cm³/mol. The highest BCUT2D eigenvalue weighted by Gasteiger charge is 2.50. The van der Waals surface area contributed by atoms with Crippen LogP contribution in [-0.2, 0) is 9.53 Å². The van der Waals surface area contributed by atoms with Gasteiger partial charge in [-0.3, -0.25) is 10.1 Å². The first-order valence-electron chi connectivity index (χ1n) is 5.17. The maximum absolute atomic E-state index is 11.5. The minimum Gasteiger partial charge on any atom is -0.432 e. The Labute approximate surface area is 83.0 Å². The number of carbonyl (C=O) groups excluding carboxylic acids is 2. The summed E-state index contributed by atoms with van der Waals surface area (Å²) in [6, 6.07) is 0. The lowest BCUT2D eigenvalue weighted by atomic mass is 9.77. The summed E-state index contributed by atoms with van der Waals surface area (Å²) in [4.78, 5) is 22.5. The summed E-state index contributed by atoms with van der Waals surface area (Å²) in [5.41, 5.74) is -0.905. The largest absolute Gasteiger partial charge is 0.432 e. The number of ether oxygens (including phenoxy) is 1. The van der Waals surface area contributed by atoms with Gasteiger partial charge in [-0.2, -0.15) is 0 Å². The molecule has 1 heterocycles. The average molecular weight is 197 g/mol. The van der Waals surface area contributed by atoms with E-state index in [-0.39, 0.29) is 11.8 Å². The van der Waals surface area contributed by atoms with Crippen molar-refractivity contribution in [2.75, 3.05) is 0 Å². The Balaban J connectivity index is 2.14. The van der Waals surface area contributed by atoms with Crippen LogP contribution >= 0.6 is 0 Å². The maximum Gasteiger partial charge on any atom is 0.415 e. The van der Waals surface area contributed by atoms with Crippen molar-refractivity contribution >= 4 is 12.0 Å². The summed E-state index contributed by atoms with van der Waals surface area (Å²) >= 11 is 0. The number of hydrogen-bond donors (Lipinski definition) is 1. The van der Waals surface area contributed by atoms with Crippen molar-refractivity contribution < 1.29 is 14.3 Å². The molecule has 78 valence electrons. The first kappa shape index (κ1) is 9.49. The van der Waals surface area contributed by atoms with Crippen molar-refractivity contribution in [3.8, 4) is 0 Å². The van der Waals surface area contributed by atoms with Gasteiger partial charge in [-0.25, -0.2) is 4.79 Å². The van der Waals surface area contributed by atoms with Crippen LogP contribution in [0.3, 0.4) is 0 Å². The molecule has 0 bridgehead atoms. The molecule has 1 aliphatic heterocycles. The molecular weight excluding hydrogens is 182 g/mol. The lowest BCUT2D eigenvalue weighted by Crippen LogP contribution is -2.44. The molecular formula is C10H15NO3. The Kier molecular flexibility index (Phi) is 2.21. The summed E-state index contributed by atoms with van der Waals surface area (Å²) in [5, 5.41) is 2.20. The number of nitrogens with one attached hydrogen (secondary N) is 1. The Morgan fingerprint density at radius 3 is 2.43 bits per heavy atom. The number of carbonyl (C=O) groups is 2. The van der Waals surface area contributed by atoms with Gasteiger partial charge in [0.1, 0.15) is 0 Å². The topological polar surface area (TPSA) is 55.4 Å². The first-order valence-corrected chi connectivity index (χ1v) is 5.17. The lowest BCUT2D eigenvalue weighted by Gasteiger charge is -2.32. The number of imide groups is 1. The van der Waals surface area contributed by atoms with Crippen molar-refractivity contribution in [3.05, 3.63) is 0 Å². The van der Waals surface area contributed by atoms with Gasteiger partial charge in [-0.05, 0) is 19.8 Å². The maximum atomic E-state index is 11.5.